The van der Waals surface area contributed by atoms with E-state index in [0.29, 0.717) is 11.6 Å². The van der Waals surface area contributed by atoms with Crippen molar-refractivity contribution in [2.45, 2.75) is 19.9 Å². The molecule has 0 aliphatic rings. The number of carboxylic acids is 1. The van der Waals surface area contributed by atoms with Gasteiger partial charge < -0.3 is 10.8 Å². The first-order valence-corrected chi connectivity index (χ1v) is 7.07. The van der Waals surface area contributed by atoms with Crippen LogP contribution in [0.3, 0.4) is 0 Å². The van der Waals surface area contributed by atoms with E-state index in [1.807, 2.05) is 5.38 Å². The summed E-state index contributed by atoms with van der Waals surface area (Å²) in [5, 5.41) is 12.0. The van der Waals surface area contributed by atoms with E-state index in [4.69, 9.17) is 10.8 Å². The van der Waals surface area contributed by atoms with E-state index in [1.165, 1.54) is 23.1 Å². The number of thioether (sulfide) groups is 1. The number of rotatable bonds is 6. The Bertz CT molecular complexity index is 404. The Hall–Kier alpha value is -0.920. The fraction of sp³-hybridized carbons (Fsp3) is 0.500. The van der Waals surface area contributed by atoms with Gasteiger partial charge in [0, 0.05) is 11.9 Å². The molecule has 0 saturated heterocycles. The summed E-state index contributed by atoms with van der Waals surface area (Å²) < 4.78 is 0. The molecule has 17 heavy (non-hydrogen) atoms. The number of aromatic nitrogens is 1. The summed E-state index contributed by atoms with van der Waals surface area (Å²) in [4.78, 5) is 18.9. The van der Waals surface area contributed by atoms with Gasteiger partial charge in [0.25, 0.3) is 0 Å². The van der Waals surface area contributed by atoms with Crippen LogP contribution in [0.5, 0.6) is 0 Å². The normalized spacial score (nSPS) is 11.8. The quantitative estimate of drug-likeness (QED) is 0.607. The summed E-state index contributed by atoms with van der Waals surface area (Å²) in [5.74, 6) is -0.0395. The molecule has 3 N–H and O–H groups in total. The van der Waals surface area contributed by atoms with Crippen molar-refractivity contribution in [3.8, 4) is 0 Å². The van der Waals surface area contributed by atoms with Crippen molar-refractivity contribution >= 4 is 34.1 Å². The fourth-order valence-corrected chi connectivity index (χ4v) is 2.58. The molecular weight excluding hydrogens is 258 g/mol. The molecule has 1 rings (SSSR count). The molecule has 0 aliphatic heterocycles. The number of nitrogens with zero attached hydrogens (tertiary/aromatic N) is 2. The summed E-state index contributed by atoms with van der Waals surface area (Å²) in [6.45, 7) is 2.24. The summed E-state index contributed by atoms with van der Waals surface area (Å²) >= 11 is 3.00. The molecule has 0 aliphatic carbocycles. The minimum absolute atomic E-state index is 0.221. The maximum atomic E-state index is 10.5. The van der Waals surface area contributed by atoms with Gasteiger partial charge in [0.15, 0.2) is 0 Å². The first-order chi connectivity index (χ1) is 8.17. The Morgan fingerprint density at radius 3 is 3.00 bits per heavy atom. The van der Waals surface area contributed by atoms with Crippen LogP contribution >= 0.6 is 23.1 Å². The van der Waals surface area contributed by atoms with Crippen LogP contribution in [-0.2, 0) is 11.3 Å². The van der Waals surface area contributed by atoms with Crippen LogP contribution in [0.25, 0.3) is 0 Å². The van der Waals surface area contributed by atoms with Gasteiger partial charge in [-0.15, -0.1) is 23.1 Å². The van der Waals surface area contributed by atoms with E-state index in [1.54, 1.807) is 0 Å². The predicted octanol–water partition coefficient (Wildman–Crippen LogP) is 1.58. The zero-order valence-corrected chi connectivity index (χ0v) is 11.2. The minimum atomic E-state index is -0.936. The van der Waals surface area contributed by atoms with Crippen molar-refractivity contribution in [2.75, 3.05) is 12.3 Å². The second-order valence-electron chi connectivity index (χ2n) is 3.19. The summed E-state index contributed by atoms with van der Waals surface area (Å²) in [5.41, 5.74) is 6.22. The maximum absolute atomic E-state index is 10.5. The largest absolute Gasteiger partial charge is 0.480 e. The zero-order valence-electron chi connectivity index (χ0n) is 9.55. The summed E-state index contributed by atoms with van der Waals surface area (Å²) in [6, 6.07) is 0. The third-order valence-electron chi connectivity index (χ3n) is 1.75. The molecule has 0 amide bonds. The molecule has 1 aromatic heterocycles. The molecule has 0 unspecified atom stereocenters. The average Bonchev–Trinajstić information content (AvgIpc) is 2.77. The van der Waals surface area contributed by atoms with E-state index in [2.05, 4.69) is 16.9 Å². The lowest BCUT2D eigenvalue weighted by Gasteiger charge is -2.01. The molecule has 0 aromatic carbocycles. The smallest absolute Gasteiger partial charge is 0.325 e. The van der Waals surface area contributed by atoms with Crippen molar-refractivity contribution < 1.29 is 9.90 Å². The molecular formula is C10H15N3O2S2. The number of aliphatic carboxylic acids is 1. The van der Waals surface area contributed by atoms with Gasteiger partial charge in [-0.2, -0.15) is 0 Å². The molecule has 0 bridgehead atoms. The van der Waals surface area contributed by atoms with E-state index >= 15 is 0 Å². The second-order valence-corrected chi connectivity index (χ2v) is 5.22. The van der Waals surface area contributed by atoms with Gasteiger partial charge in [0.1, 0.15) is 22.3 Å². The Balaban J connectivity index is 2.80. The summed E-state index contributed by atoms with van der Waals surface area (Å²) in [7, 11) is 0. The highest BCUT2D eigenvalue weighted by Gasteiger charge is 2.09. The molecule has 1 aromatic rings. The average molecular weight is 273 g/mol. The van der Waals surface area contributed by atoms with Gasteiger partial charge in [-0.1, -0.05) is 6.92 Å². The Morgan fingerprint density at radius 1 is 1.71 bits per heavy atom. The third-order valence-corrected chi connectivity index (χ3v) is 3.84. The Labute approximate surface area is 108 Å². The highest BCUT2D eigenvalue weighted by Crippen LogP contribution is 2.17. The SMILES string of the molecule is CCCSC(=NCC(=O)O)c1csc(CN)n1. The molecule has 0 radical (unpaired) electrons. The fourth-order valence-electron chi connectivity index (χ4n) is 1.04. The molecule has 0 fully saturated rings. The molecule has 0 spiro atoms. The number of carbonyl (C=O) groups is 1. The molecule has 0 saturated carbocycles. The lowest BCUT2D eigenvalue weighted by molar-refractivity contribution is -0.135. The number of carboxylic acid groups (broad SMARTS) is 1. The van der Waals surface area contributed by atoms with Gasteiger partial charge >= 0.3 is 5.97 Å². The van der Waals surface area contributed by atoms with Crippen molar-refractivity contribution in [1.82, 2.24) is 4.98 Å². The predicted molar refractivity (Wildman–Crippen MR) is 71.8 cm³/mol. The van der Waals surface area contributed by atoms with Crippen molar-refractivity contribution in [1.29, 1.82) is 0 Å². The van der Waals surface area contributed by atoms with Crippen LogP contribution in [-0.4, -0.2) is 33.4 Å². The number of hydrogen-bond acceptors (Lipinski definition) is 6. The van der Waals surface area contributed by atoms with Crippen molar-refractivity contribution in [3.05, 3.63) is 16.1 Å². The van der Waals surface area contributed by atoms with Crippen LogP contribution in [0.1, 0.15) is 24.0 Å². The Morgan fingerprint density at radius 2 is 2.47 bits per heavy atom. The molecule has 1 heterocycles. The van der Waals surface area contributed by atoms with Crippen molar-refractivity contribution in [3.63, 3.8) is 0 Å². The number of thiazole rings is 1. The van der Waals surface area contributed by atoms with Gasteiger partial charge in [-0.25, -0.2) is 4.98 Å². The standard InChI is InChI=1S/C10H15N3O2S2/c1-2-3-16-10(12-5-9(14)15)7-6-17-8(4-11)13-7/h6H,2-5,11H2,1H3,(H,14,15). The minimum Gasteiger partial charge on any atom is -0.480 e. The van der Waals surface area contributed by atoms with Gasteiger partial charge in [-0.05, 0) is 12.2 Å². The van der Waals surface area contributed by atoms with Crippen LogP contribution in [0.2, 0.25) is 0 Å². The molecule has 94 valence electrons. The van der Waals surface area contributed by atoms with Crippen LogP contribution in [0.15, 0.2) is 10.4 Å². The van der Waals surface area contributed by atoms with E-state index < -0.39 is 5.97 Å². The van der Waals surface area contributed by atoms with Crippen LogP contribution in [0, 0.1) is 0 Å². The van der Waals surface area contributed by atoms with Crippen LogP contribution < -0.4 is 5.73 Å². The van der Waals surface area contributed by atoms with Crippen molar-refractivity contribution in [2.24, 2.45) is 10.7 Å². The zero-order chi connectivity index (χ0) is 12.7. The van der Waals surface area contributed by atoms with E-state index in [-0.39, 0.29) is 6.54 Å². The topological polar surface area (TPSA) is 88.6 Å². The summed E-state index contributed by atoms with van der Waals surface area (Å²) in [6.07, 6.45) is 1.00. The first kappa shape index (κ1) is 14.1. The number of nitrogens with two attached hydrogens (primary N) is 1. The molecule has 7 heteroatoms. The maximum Gasteiger partial charge on any atom is 0.325 e. The molecule has 5 nitrogen and oxygen atoms in total. The van der Waals surface area contributed by atoms with Gasteiger partial charge in [0.2, 0.25) is 0 Å². The third kappa shape index (κ3) is 4.84. The highest BCUT2D eigenvalue weighted by atomic mass is 32.2. The van der Waals surface area contributed by atoms with Gasteiger partial charge in [-0.3, -0.25) is 9.79 Å². The lowest BCUT2D eigenvalue weighted by atomic mass is 10.5. The van der Waals surface area contributed by atoms with E-state index in [9.17, 15) is 4.79 Å². The number of aliphatic imine (C=N–C) groups is 1. The Kier molecular flexibility index (Phi) is 6.17. The van der Waals surface area contributed by atoms with E-state index in [0.717, 1.165) is 22.9 Å². The lowest BCUT2D eigenvalue weighted by Crippen LogP contribution is -2.06. The highest BCUT2D eigenvalue weighted by molar-refractivity contribution is 8.14. The van der Waals surface area contributed by atoms with Gasteiger partial charge in [0.05, 0.1) is 0 Å². The number of hydrogen-bond donors (Lipinski definition) is 2. The van der Waals surface area contributed by atoms with Crippen LogP contribution in [0.4, 0.5) is 0 Å². The first-order valence-electron chi connectivity index (χ1n) is 5.21. The molecule has 0 atom stereocenters. The monoisotopic (exact) mass is 273 g/mol. The second kappa shape index (κ2) is 7.41.